The molecule has 98 valence electrons. The van der Waals surface area contributed by atoms with Gasteiger partial charge < -0.3 is 9.30 Å². The molecule has 0 aliphatic carbocycles. The van der Waals surface area contributed by atoms with Gasteiger partial charge in [-0.25, -0.2) is 4.79 Å². The minimum absolute atomic E-state index is 0.0428. The predicted molar refractivity (Wildman–Crippen MR) is 66.6 cm³/mol. The van der Waals surface area contributed by atoms with Crippen LogP contribution in [0.5, 0.6) is 0 Å². The van der Waals surface area contributed by atoms with Crippen LogP contribution in [0.3, 0.4) is 0 Å². The molecule has 0 radical (unpaired) electrons. The highest BCUT2D eigenvalue weighted by molar-refractivity contribution is 5.88. The second-order valence-corrected chi connectivity index (χ2v) is 4.45. The molecule has 0 saturated heterocycles. The molecule has 2 rings (SSSR count). The third kappa shape index (κ3) is 2.78. The molecule has 0 N–H and O–H groups in total. The molecule has 0 bridgehead atoms. The van der Waals surface area contributed by atoms with Crippen LogP contribution in [0.4, 0.5) is 0 Å². The maximum absolute atomic E-state index is 11.8. The molecule has 1 aliphatic rings. The average molecular weight is 250 g/mol. The Labute approximate surface area is 106 Å². The number of nitrogens with zero attached hydrogens (tertiary/aromatic N) is 2. The minimum atomic E-state index is -0.577. The van der Waals surface area contributed by atoms with Crippen molar-refractivity contribution in [3.63, 3.8) is 0 Å². The van der Waals surface area contributed by atoms with E-state index in [0.717, 1.165) is 31.6 Å². The molecule has 18 heavy (non-hydrogen) atoms. The molecule has 1 aliphatic heterocycles. The summed E-state index contributed by atoms with van der Waals surface area (Å²) in [6.07, 6.45) is 6.87. The zero-order valence-electron chi connectivity index (χ0n) is 10.6. The van der Waals surface area contributed by atoms with Crippen molar-refractivity contribution in [2.45, 2.75) is 45.6 Å². The molecule has 2 heterocycles. The molecule has 0 unspecified atom stereocenters. The quantitative estimate of drug-likeness (QED) is 0.747. The summed E-state index contributed by atoms with van der Waals surface area (Å²) in [5.41, 5.74) is -0.429. The standard InChI is InChI=1S/C13H18N2O3/c1-2-18-13(17)10-9-15-8-6-4-3-5-7-11(15)14-12(10)16/h9H,2-8H2,1H3. The van der Waals surface area contributed by atoms with E-state index in [1.807, 2.05) is 4.57 Å². The van der Waals surface area contributed by atoms with Crippen LogP contribution in [0.15, 0.2) is 11.0 Å². The zero-order valence-corrected chi connectivity index (χ0v) is 10.6. The summed E-state index contributed by atoms with van der Waals surface area (Å²) in [6.45, 7) is 2.80. The maximum Gasteiger partial charge on any atom is 0.345 e. The van der Waals surface area contributed by atoms with E-state index in [1.165, 1.54) is 12.8 Å². The van der Waals surface area contributed by atoms with E-state index in [1.54, 1.807) is 13.1 Å². The lowest BCUT2D eigenvalue weighted by molar-refractivity contribution is 0.0523. The third-order valence-corrected chi connectivity index (χ3v) is 3.12. The van der Waals surface area contributed by atoms with Gasteiger partial charge in [-0.1, -0.05) is 12.8 Å². The summed E-state index contributed by atoms with van der Waals surface area (Å²) in [6, 6.07) is 0. The number of carbonyl (C=O) groups excluding carboxylic acids is 1. The Hall–Kier alpha value is -1.65. The number of rotatable bonds is 2. The molecule has 5 heteroatoms. The SMILES string of the molecule is CCOC(=O)c1cn2c(nc1=O)CCCCCC2. The van der Waals surface area contributed by atoms with E-state index in [4.69, 9.17) is 4.74 Å². The maximum atomic E-state index is 11.8. The number of hydrogen-bond acceptors (Lipinski definition) is 4. The number of ether oxygens (including phenoxy) is 1. The first-order valence-corrected chi connectivity index (χ1v) is 6.50. The third-order valence-electron chi connectivity index (χ3n) is 3.12. The van der Waals surface area contributed by atoms with Gasteiger partial charge >= 0.3 is 5.97 Å². The van der Waals surface area contributed by atoms with Crippen molar-refractivity contribution in [2.75, 3.05) is 6.61 Å². The van der Waals surface area contributed by atoms with Crippen LogP contribution in [-0.2, 0) is 17.7 Å². The van der Waals surface area contributed by atoms with Crippen molar-refractivity contribution >= 4 is 5.97 Å². The number of esters is 1. The summed E-state index contributed by atoms with van der Waals surface area (Å²) in [5.74, 6) is 0.208. The van der Waals surface area contributed by atoms with Crippen LogP contribution in [0.25, 0.3) is 0 Å². The smallest absolute Gasteiger partial charge is 0.345 e. The summed E-state index contributed by atoms with van der Waals surface area (Å²) < 4.78 is 6.79. The molecule has 0 saturated carbocycles. The van der Waals surface area contributed by atoms with Crippen molar-refractivity contribution in [1.29, 1.82) is 0 Å². The molecular weight excluding hydrogens is 232 g/mol. The Kier molecular flexibility index (Phi) is 4.12. The number of fused-ring (bicyclic) bond motifs is 1. The van der Waals surface area contributed by atoms with E-state index in [-0.39, 0.29) is 12.2 Å². The van der Waals surface area contributed by atoms with E-state index in [9.17, 15) is 9.59 Å². The van der Waals surface area contributed by atoms with Gasteiger partial charge in [-0.15, -0.1) is 0 Å². The molecule has 0 aromatic carbocycles. The lowest BCUT2D eigenvalue weighted by atomic mass is 10.1. The lowest BCUT2D eigenvalue weighted by Gasteiger charge is -2.16. The summed E-state index contributed by atoms with van der Waals surface area (Å²) in [7, 11) is 0. The Morgan fingerprint density at radius 3 is 2.94 bits per heavy atom. The fraction of sp³-hybridized carbons (Fsp3) is 0.615. The monoisotopic (exact) mass is 250 g/mol. The van der Waals surface area contributed by atoms with Crippen molar-refractivity contribution in [2.24, 2.45) is 0 Å². The zero-order chi connectivity index (χ0) is 13.0. The van der Waals surface area contributed by atoms with E-state index in [0.29, 0.717) is 0 Å². The van der Waals surface area contributed by atoms with Crippen LogP contribution in [-0.4, -0.2) is 22.1 Å². The van der Waals surface area contributed by atoms with Crippen LogP contribution >= 0.6 is 0 Å². The molecule has 0 spiro atoms. The summed E-state index contributed by atoms with van der Waals surface area (Å²) >= 11 is 0. The van der Waals surface area contributed by atoms with Gasteiger partial charge in [0, 0.05) is 19.2 Å². The lowest BCUT2D eigenvalue weighted by Crippen LogP contribution is -2.26. The van der Waals surface area contributed by atoms with Crippen molar-refractivity contribution in [3.8, 4) is 0 Å². The van der Waals surface area contributed by atoms with E-state index in [2.05, 4.69) is 4.98 Å². The van der Waals surface area contributed by atoms with E-state index >= 15 is 0 Å². The topological polar surface area (TPSA) is 61.2 Å². The second-order valence-electron chi connectivity index (χ2n) is 4.45. The first kappa shape index (κ1) is 12.8. The normalized spacial score (nSPS) is 15.4. The largest absolute Gasteiger partial charge is 0.462 e. The van der Waals surface area contributed by atoms with E-state index < -0.39 is 11.5 Å². The summed E-state index contributed by atoms with van der Waals surface area (Å²) in [5, 5.41) is 0. The minimum Gasteiger partial charge on any atom is -0.462 e. The van der Waals surface area contributed by atoms with Gasteiger partial charge in [0.2, 0.25) is 0 Å². The Morgan fingerprint density at radius 1 is 1.39 bits per heavy atom. The molecule has 0 atom stereocenters. The molecule has 0 amide bonds. The van der Waals surface area contributed by atoms with Crippen molar-refractivity contribution in [3.05, 3.63) is 27.9 Å². The van der Waals surface area contributed by atoms with Gasteiger partial charge in [0.05, 0.1) is 6.61 Å². The van der Waals surface area contributed by atoms with Crippen LogP contribution in [0, 0.1) is 0 Å². The predicted octanol–water partition coefficient (Wildman–Crippen LogP) is 1.54. The van der Waals surface area contributed by atoms with Crippen molar-refractivity contribution < 1.29 is 9.53 Å². The first-order valence-electron chi connectivity index (χ1n) is 6.50. The van der Waals surface area contributed by atoms with Gasteiger partial charge in [-0.2, -0.15) is 4.98 Å². The van der Waals surface area contributed by atoms with Crippen LogP contribution in [0.2, 0.25) is 0 Å². The molecule has 5 nitrogen and oxygen atoms in total. The highest BCUT2D eigenvalue weighted by Crippen LogP contribution is 2.12. The Balaban J connectivity index is 2.36. The second kappa shape index (κ2) is 5.80. The van der Waals surface area contributed by atoms with Crippen LogP contribution < -0.4 is 5.56 Å². The highest BCUT2D eigenvalue weighted by atomic mass is 16.5. The fourth-order valence-corrected chi connectivity index (χ4v) is 2.19. The first-order chi connectivity index (χ1) is 8.72. The average Bonchev–Trinajstić information content (AvgIpc) is 2.31. The van der Waals surface area contributed by atoms with Crippen molar-refractivity contribution in [1.82, 2.24) is 9.55 Å². The Morgan fingerprint density at radius 2 is 2.17 bits per heavy atom. The molecule has 1 aromatic rings. The molecule has 1 aromatic heterocycles. The number of hydrogen-bond donors (Lipinski definition) is 0. The number of aromatic nitrogens is 2. The van der Waals surface area contributed by atoms with Crippen LogP contribution in [0.1, 0.15) is 48.8 Å². The van der Waals surface area contributed by atoms with Gasteiger partial charge in [-0.05, 0) is 19.8 Å². The highest BCUT2D eigenvalue weighted by Gasteiger charge is 2.16. The number of aryl methyl sites for hydroxylation is 2. The summed E-state index contributed by atoms with van der Waals surface area (Å²) in [4.78, 5) is 27.4. The molecule has 0 fully saturated rings. The number of carbonyl (C=O) groups is 1. The van der Waals surface area contributed by atoms with Gasteiger partial charge in [0.15, 0.2) is 0 Å². The van der Waals surface area contributed by atoms with Gasteiger partial charge in [0.1, 0.15) is 11.4 Å². The van der Waals surface area contributed by atoms with Gasteiger partial charge in [-0.3, -0.25) is 4.79 Å². The fourth-order valence-electron chi connectivity index (χ4n) is 2.19. The molecular formula is C13H18N2O3. The van der Waals surface area contributed by atoms with Gasteiger partial charge in [0.25, 0.3) is 5.56 Å². The Bertz CT molecular complexity index is 493.